The lowest BCUT2D eigenvalue weighted by molar-refractivity contribution is -0.180. The van der Waals surface area contributed by atoms with Crippen molar-refractivity contribution < 1.29 is 17.7 Å². The van der Waals surface area contributed by atoms with E-state index in [1.807, 2.05) is 12.1 Å². The lowest BCUT2D eigenvalue weighted by atomic mass is 9.83. The molecule has 41 heavy (non-hydrogen) atoms. The summed E-state index contributed by atoms with van der Waals surface area (Å²) in [5.41, 5.74) is 0.510. The number of aromatic nitrogens is 4. The fraction of sp³-hybridized carbons (Fsp3) is 0.400. The second-order valence-electron chi connectivity index (χ2n) is 11.3. The Morgan fingerprint density at radius 3 is 2.41 bits per heavy atom. The normalized spacial score (nSPS) is 16.8. The van der Waals surface area contributed by atoms with Crippen LogP contribution in [0.1, 0.15) is 43.4 Å². The summed E-state index contributed by atoms with van der Waals surface area (Å²) in [6, 6.07) is 12.4. The van der Waals surface area contributed by atoms with Crippen molar-refractivity contribution >= 4 is 5.82 Å². The Balaban J connectivity index is 1.17. The molecule has 1 saturated carbocycles. The number of halogens is 3. The molecular weight excluding hydrogens is 533 g/mol. The summed E-state index contributed by atoms with van der Waals surface area (Å²) in [5, 5.41) is 4.01. The Hall–Kier alpha value is -3.99. The zero-order valence-corrected chi connectivity index (χ0v) is 22.9. The number of hydrogen-bond acceptors (Lipinski definition) is 7. The number of pyridine rings is 2. The molecule has 1 aliphatic carbocycles. The number of nitrogens with zero attached hydrogens (tertiary/aromatic N) is 5. The maximum absolute atomic E-state index is 13.4. The molecule has 0 bridgehead atoms. The van der Waals surface area contributed by atoms with Gasteiger partial charge in [-0.25, -0.2) is 4.98 Å². The molecule has 0 unspecified atom stereocenters. The van der Waals surface area contributed by atoms with Crippen molar-refractivity contribution in [1.29, 1.82) is 0 Å². The SMILES string of the molecule is CC(C)(c1ccc(-c2noc(-c3c[nH]c(=O)c(Cc4ccnc(N5CCN(C6CC6)CC5)c4)c3)n2)cc1)C(F)(F)F. The Morgan fingerprint density at radius 2 is 1.73 bits per heavy atom. The van der Waals surface area contributed by atoms with Crippen LogP contribution in [0.15, 0.2) is 64.2 Å². The lowest BCUT2D eigenvalue weighted by Crippen LogP contribution is -2.47. The first-order valence-corrected chi connectivity index (χ1v) is 13.8. The van der Waals surface area contributed by atoms with Crippen molar-refractivity contribution in [3.63, 3.8) is 0 Å². The van der Waals surface area contributed by atoms with Crippen LogP contribution in [0.25, 0.3) is 22.8 Å². The Morgan fingerprint density at radius 1 is 1.00 bits per heavy atom. The predicted molar refractivity (Wildman–Crippen MR) is 149 cm³/mol. The number of piperazine rings is 1. The van der Waals surface area contributed by atoms with Gasteiger partial charge in [-0.15, -0.1) is 0 Å². The number of benzene rings is 1. The predicted octanol–water partition coefficient (Wildman–Crippen LogP) is 5.20. The molecule has 3 aromatic heterocycles. The minimum atomic E-state index is -4.38. The first kappa shape index (κ1) is 27.2. The van der Waals surface area contributed by atoms with Crippen LogP contribution in [-0.2, 0) is 11.8 Å². The standard InChI is InChI=1S/C30H31F3N6O2/c1-29(2,30(31,32)33)23-5-3-20(4-6-23)26-36-28(41-37-26)22-17-21(27(40)35-18-22)15-19-9-10-34-25(16-19)39-13-11-38(12-14-39)24-7-8-24/h3-6,9-10,16-18,24H,7-8,11-15H2,1-2H3,(H,35,40). The van der Waals surface area contributed by atoms with Gasteiger partial charge >= 0.3 is 6.18 Å². The van der Waals surface area contributed by atoms with Crippen molar-refractivity contribution in [3.05, 3.63) is 81.9 Å². The molecular formula is C30H31F3N6O2. The third-order valence-electron chi connectivity index (χ3n) is 8.13. The molecule has 1 N–H and O–H groups in total. The second kappa shape index (κ2) is 10.4. The van der Waals surface area contributed by atoms with Crippen molar-refractivity contribution in [3.8, 4) is 22.8 Å². The summed E-state index contributed by atoms with van der Waals surface area (Å²) in [6.07, 6.45) is 1.93. The summed E-state index contributed by atoms with van der Waals surface area (Å²) < 4.78 is 45.7. The first-order valence-electron chi connectivity index (χ1n) is 13.8. The highest BCUT2D eigenvalue weighted by molar-refractivity contribution is 5.60. The van der Waals surface area contributed by atoms with Gasteiger partial charge in [0.2, 0.25) is 5.82 Å². The highest BCUT2D eigenvalue weighted by Gasteiger charge is 2.48. The van der Waals surface area contributed by atoms with Gasteiger partial charge in [-0.2, -0.15) is 18.2 Å². The van der Waals surface area contributed by atoms with Crippen LogP contribution in [0.4, 0.5) is 19.0 Å². The van der Waals surface area contributed by atoms with E-state index in [0.717, 1.165) is 57.4 Å². The first-order chi connectivity index (χ1) is 19.6. The number of nitrogens with one attached hydrogen (secondary N) is 1. The van der Waals surface area contributed by atoms with Gasteiger partial charge in [-0.1, -0.05) is 29.4 Å². The molecule has 1 aromatic carbocycles. The van der Waals surface area contributed by atoms with E-state index >= 15 is 0 Å². The van der Waals surface area contributed by atoms with Crippen LogP contribution in [0.3, 0.4) is 0 Å². The number of H-pyrrole nitrogens is 1. The van der Waals surface area contributed by atoms with Crippen LogP contribution < -0.4 is 10.5 Å². The molecule has 0 spiro atoms. The summed E-state index contributed by atoms with van der Waals surface area (Å²) in [4.78, 5) is 29.3. The van der Waals surface area contributed by atoms with E-state index < -0.39 is 11.6 Å². The Labute approximate surface area is 235 Å². The Bertz CT molecular complexity index is 1580. The van der Waals surface area contributed by atoms with E-state index in [1.165, 1.54) is 31.2 Å². The molecule has 0 radical (unpaired) electrons. The van der Waals surface area contributed by atoms with Crippen LogP contribution in [0, 0.1) is 0 Å². The lowest BCUT2D eigenvalue weighted by Gasteiger charge is -2.35. The second-order valence-corrected chi connectivity index (χ2v) is 11.3. The van der Waals surface area contributed by atoms with Gasteiger partial charge in [0, 0.05) is 62.2 Å². The van der Waals surface area contributed by atoms with Gasteiger partial charge in [0.25, 0.3) is 11.4 Å². The maximum Gasteiger partial charge on any atom is 0.397 e. The molecule has 11 heteroatoms. The monoisotopic (exact) mass is 564 g/mol. The average molecular weight is 565 g/mol. The number of hydrogen-bond donors (Lipinski definition) is 1. The molecule has 1 aliphatic heterocycles. The minimum Gasteiger partial charge on any atom is -0.354 e. The van der Waals surface area contributed by atoms with Gasteiger partial charge in [0.1, 0.15) is 5.82 Å². The van der Waals surface area contributed by atoms with Crippen LogP contribution in [0.2, 0.25) is 0 Å². The summed E-state index contributed by atoms with van der Waals surface area (Å²) >= 11 is 0. The minimum absolute atomic E-state index is 0.141. The molecule has 214 valence electrons. The van der Waals surface area contributed by atoms with Gasteiger partial charge in [-0.3, -0.25) is 9.69 Å². The van der Waals surface area contributed by atoms with E-state index in [4.69, 9.17) is 4.52 Å². The molecule has 2 fully saturated rings. The van der Waals surface area contributed by atoms with E-state index in [9.17, 15) is 18.0 Å². The fourth-order valence-electron chi connectivity index (χ4n) is 5.16. The largest absolute Gasteiger partial charge is 0.397 e. The van der Waals surface area contributed by atoms with E-state index in [-0.39, 0.29) is 22.8 Å². The summed E-state index contributed by atoms with van der Waals surface area (Å²) in [7, 11) is 0. The van der Waals surface area contributed by atoms with Gasteiger partial charge in [-0.05, 0) is 56.0 Å². The van der Waals surface area contributed by atoms with Gasteiger partial charge < -0.3 is 14.4 Å². The molecule has 6 rings (SSSR count). The van der Waals surface area contributed by atoms with Crippen LogP contribution in [0.5, 0.6) is 0 Å². The van der Waals surface area contributed by atoms with Crippen LogP contribution >= 0.6 is 0 Å². The summed E-state index contributed by atoms with van der Waals surface area (Å²) in [5.74, 6) is 1.35. The van der Waals surface area contributed by atoms with E-state index in [2.05, 4.69) is 29.9 Å². The Kier molecular flexibility index (Phi) is 6.93. The quantitative estimate of drug-likeness (QED) is 0.330. The summed E-state index contributed by atoms with van der Waals surface area (Å²) in [6.45, 7) is 6.24. The molecule has 0 atom stereocenters. The maximum atomic E-state index is 13.4. The van der Waals surface area contributed by atoms with Crippen molar-refractivity contribution in [2.24, 2.45) is 0 Å². The van der Waals surface area contributed by atoms with Crippen LogP contribution in [-0.4, -0.2) is 63.4 Å². The average Bonchev–Trinajstić information content (AvgIpc) is 3.70. The molecule has 1 saturated heterocycles. The van der Waals surface area contributed by atoms with Gasteiger partial charge in [0.05, 0.1) is 11.0 Å². The molecule has 2 aliphatic rings. The highest BCUT2D eigenvalue weighted by Crippen LogP contribution is 2.40. The third-order valence-corrected chi connectivity index (χ3v) is 8.13. The molecule has 4 heterocycles. The highest BCUT2D eigenvalue weighted by atomic mass is 19.4. The zero-order valence-electron chi connectivity index (χ0n) is 22.9. The smallest absolute Gasteiger partial charge is 0.354 e. The fourth-order valence-corrected chi connectivity index (χ4v) is 5.16. The zero-order chi connectivity index (χ0) is 28.8. The number of aromatic amines is 1. The number of anilines is 1. The topological polar surface area (TPSA) is 91.1 Å². The molecule has 8 nitrogen and oxygen atoms in total. The van der Waals surface area contributed by atoms with Gasteiger partial charge in [0.15, 0.2) is 0 Å². The molecule has 4 aromatic rings. The van der Waals surface area contributed by atoms with E-state index in [1.54, 1.807) is 24.4 Å². The number of alkyl halides is 3. The van der Waals surface area contributed by atoms with E-state index in [0.29, 0.717) is 23.1 Å². The molecule has 0 amide bonds. The number of rotatable bonds is 7. The third kappa shape index (κ3) is 5.63. The van der Waals surface area contributed by atoms with Crippen molar-refractivity contribution in [2.75, 3.05) is 31.1 Å². The van der Waals surface area contributed by atoms with Crippen molar-refractivity contribution in [2.45, 2.75) is 50.7 Å². The van der Waals surface area contributed by atoms with Crippen molar-refractivity contribution in [1.82, 2.24) is 25.0 Å².